The second-order valence-electron chi connectivity index (χ2n) is 1.40. The normalized spacial score (nSPS) is 6.92. The van der Waals surface area contributed by atoms with Crippen molar-refractivity contribution in [2.75, 3.05) is 0 Å². The Morgan fingerprint density at radius 1 is 1.46 bits per heavy atom. The summed E-state index contributed by atoms with van der Waals surface area (Å²) in [6.07, 6.45) is 0. The molecule has 0 spiro atoms. The average Bonchev–Trinajstić information content (AvgIpc) is 1.85. The van der Waals surface area contributed by atoms with Crippen LogP contribution in [0.3, 0.4) is 0 Å². The number of esters is 1. The number of ether oxygens (including phenoxy) is 1. The molecule has 0 aromatic carbocycles. The molecule has 0 aliphatic carbocycles. The fourth-order valence-electron chi connectivity index (χ4n) is 0.123. The van der Waals surface area contributed by atoms with Gasteiger partial charge in [0, 0.05) is 5.57 Å². The van der Waals surface area contributed by atoms with E-state index in [0.717, 1.165) is 0 Å². The van der Waals surface area contributed by atoms with Crippen LogP contribution in [-0.2, 0) is 35.5 Å². The van der Waals surface area contributed by atoms with E-state index in [4.69, 9.17) is 0 Å². The third-order valence-corrected chi connectivity index (χ3v) is 0.480. The number of rotatable bonds is 1. The van der Waals surface area contributed by atoms with Crippen LogP contribution in [0.5, 0.6) is 0 Å². The van der Waals surface area contributed by atoms with Crippen molar-refractivity contribution in [1.82, 2.24) is 0 Å². The van der Waals surface area contributed by atoms with Gasteiger partial charge in [-0.3, -0.25) is 0 Å². The summed E-state index contributed by atoms with van der Waals surface area (Å²) < 4.78 is 4.02. The Morgan fingerprint density at radius 3 is 1.69 bits per heavy atom. The largest absolute Gasteiger partial charge is 2.00 e. The fourth-order valence-corrected chi connectivity index (χ4v) is 0.123. The van der Waals surface area contributed by atoms with Gasteiger partial charge >= 0.3 is 91.9 Å². The van der Waals surface area contributed by atoms with Gasteiger partial charge in [-0.15, -0.1) is 0 Å². The molecule has 0 aromatic heterocycles. The first-order valence-electron chi connectivity index (χ1n) is 2.31. The van der Waals surface area contributed by atoms with E-state index in [1.54, 1.807) is 6.92 Å². The van der Waals surface area contributed by atoms with Gasteiger partial charge in [-0.25, -0.2) is 4.79 Å². The van der Waals surface area contributed by atoms with E-state index >= 15 is 0 Å². The third kappa shape index (κ3) is 31.3. The molecule has 0 aromatic rings. The molecule has 0 bridgehead atoms. The van der Waals surface area contributed by atoms with Gasteiger partial charge < -0.3 is 12.2 Å². The van der Waals surface area contributed by atoms with E-state index in [9.17, 15) is 4.79 Å². The summed E-state index contributed by atoms with van der Waals surface area (Å²) in [6, 6.07) is 0. The quantitative estimate of drug-likeness (QED) is 0.177. The number of hydrogen-bond acceptors (Lipinski definition) is 2. The topological polar surface area (TPSA) is 26.3 Å². The summed E-state index contributed by atoms with van der Waals surface area (Å²) in [4.78, 5) is 9.85. The molecule has 78 valence electrons. The first-order valence-corrected chi connectivity index (χ1v) is 15.8. The molecule has 2 nitrogen and oxygen atoms in total. The van der Waals surface area contributed by atoms with Gasteiger partial charge in [-0.1, -0.05) is 6.58 Å². The van der Waals surface area contributed by atoms with Crippen molar-refractivity contribution < 1.29 is 35.5 Å². The Hall–Kier alpha value is 2.67. The molecule has 0 atom stereocenters. The monoisotopic (exact) mass is 730 g/mol. The SMILES string of the molecule is C=C(C)C(=O)O[CH2-].[CH3-].[I][V]([I])[I].[W+2]. The maximum Gasteiger partial charge on any atom is 2.00 e. The van der Waals surface area contributed by atoms with Crippen LogP contribution in [-0.4, -0.2) is 5.97 Å². The summed E-state index contributed by atoms with van der Waals surface area (Å²) in [5, 5.41) is 0. The molecule has 13 heavy (non-hydrogen) atoms. The zero-order valence-corrected chi connectivity index (χ0v) is 18.0. The minimum atomic E-state index is -0.458. The summed E-state index contributed by atoms with van der Waals surface area (Å²) in [5.74, 6) is -0.458. The van der Waals surface area contributed by atoms with E-state index in [1.165, 1.54) is 0 Å². The molecule has 0 saturated heterocycles. The molecule has 0 aliphatic heterocycles. The zero-order chi connectivity index (χ0) is 9.44. The van der Waals surface area contributed by atoms with Crippen LogP contribution in [0.4, 0.5) is 0 Å². The first kappa shape index (κ1) is 24.8. The molecular formula is C6H10I3O2VW. The fraction of sp³-hybridized carbons (Fsp3) is 0.167. The minimum Gasteiger partial charge on any atom is 2.00 e. The van der Waals surface area contributed by atoms with E-state index in [-0.39, 0.29) is 33.4 Å². The van der Waals surface area contributed by atoms with Crippen LogP contribution in [0, 0.1) is 14.5 Å². The van der Waals surface area contributed by atoms with Crippen molar-refractivity contribution in [3.8, 4) is 0 Å². The van der Waals surface area contributed by atoms with E-state index in [2.05, 4.69) is 78.4 Å². The number of hydrogen-bond donors (Lipinski definition) is 0. The number of carbonyl (C=O) groups excluding carboxylic acids is 1. The van der Waals surface area contributed by atoms with Crippen molar-refractivity contribution in [1.29, 1.82) is 0 Å². The smallest absolute Gasteiger partial charge is 2.00 e. The molecule has 0 aliphatic rings. The van der Waals surface area contributed by atoms with Crippen LogP contribution < -0.4 is 0 Å². The van der Waals surface area contributed by atoms with Gasteiger partial charge in [0.15, 0.2) is 0 Å². The molecule has 0 amide bonds. The summed E-state index contributed by atoms with van der Waals surface area (Å²) in [5.41, 5.74) is 0.370. The molecule has 0 unspecified atom stereocenters. The van der Waals surface area contributed by atoms with Gasteiger partial charge in [0.05, 0.1) is 0 Å². The average molecular weight is 730 g/mol. The van der Waals surface area contributed by atoms with Crippen molar-refractivity contribution >= 4 is 65.9 Å². The number of carbonyl (C=O) groups is 1. The van der Waals surface area contributed by atoms with Crippen LogP contribution in [0.25, 0.3) is 0 Å². The Balaban J connectivity index is -0.0000000600. The third-order valence-electron chi connectivity index (χ3n) is 0.480. The van der Waals surface area contributed by atoms with Gasteiger partial charge in [-0.2, -0.15) is 7.11 Å². The predicted octanol–water partition coefficient (Wildman–Crippen LogP) is 4.00. The van der Waals surface area contributed by atoms with Gasteiger partial charge in [0.1, 0.15) is 0 Å². The Morgan fingerprint density at radius 2 is 1.69 bits per heavy atom. The van der Waals surface area contributed by atoms with Crippen molar-refractivity contribution in [2.24, 2.45) is 0 Å². The van der Waals surface area contributed by atoms with Crippen molar-refractivity contribution in [3.05, 3.63) is 26.7 Å². The Bertz CT molecular complexity index is 141. The molecule has 0 radical (unpaired) electrons. The molecule has 7 heteroatoms. The molecular weight excluding hydrogens is 720 g/mol. The second-order valence-corrected chi connectivity index (χ2v) is 36.8. The van der Waals surface area contributed by atoms with Crippen LogP contribution in [0.2, 0.25) is 0 Å². The summed E-state index contributed by atoms with van der Waals surface area (Å²) in [7, 11) is 2.90. The van der Waals surface area contributed by atoms with Gasteiger partial charge in [-0.05, 0) is 6.92 Å². The summed E-state index contributed by atoms with van der Waals surface area (Å²) >= 11 is 7.39. The Kier molecular flexibility index (Phi) is 32.5. The summed E-state index contributed by atoms with van der Waals surface area (Å²) in [6.45, 7) is 4.87. The standard InChI is InChI=1S/C5H7O2.CH3.3HI.V.W/c1-4(2)5(6)7-3;;;;;;/h1,3H2,2H3;1H3;3*1H;;/q2*-1;;;;+3;+2/p-3. The van der Waals surface area contributed by atoms with E-state index in [0.29, 0.717) is 5.57 Å². The van der Waals surface area contributed by atoms with E-state index in [1.807, 2.05) is 0 Å². The maximum absolute atomic E-state index is 10.1. The van der Waals surface area contributed by atoms with Crippen LogP contribution in [0.1, 0.15) is 6.92 Å². The molecule has 0 saturated carbocycles. The van der Waals surface area contributed by atoms with Gasteiger partial charge in [0.2, 0.25) is 0 Å². The van der Waals surface area contributed by atoms with Gasteiger partial charge in [0.25, 0.3) is 0 Å². The van der Waals surface area contributed by atoms with Crippen LogP contribution in [0.15, 0.2) is 12.2 Å². The second kappa shape index (κ2) is 17.1. The predicted molar refractivity (Wildman–Crippen MR) is 74.7 cm³/mol. The molecule has 0 N–H and O–H groups in total. The first-order chi connectivity index (χ1) is 4.91. The van der Waals surface area contributed by atoms with Crippen LogP contribution >= 0.6 is 59.9 Å². The maximum atomic E-state index is 10.1. The van der Waals surface area contributed by atoms with E-state index < -0.39 is 5.97 Å². The molecule has 0 heterocycles. The minimum absolute atomic E-state index is 0. The van der Waals surface area contributed by atoms with Crippen molar-refractivity contribution in [2.45, 2.75) is 6.92 Å². The molecule has 0 rings (SSSR count). The zero-order valence-electron chi connectivity index (χ0n) is 7.22. The Labute approximate surface area is 132 Å². The number of halogens is 3. The van der Waals surface area contributed by atoms with Crippen molar-refractivity contribution in [3.63, 3.8) is 0 Å². The molecule has 0 fully saturated rings.